The number of fused-ring (bicyclic) bond motifs is 2. The highest BCUT2D eigenvalue weighted by Gasteiger charge is 2.27. The van der Waals surface area contributed by atoms with Gasteiger partial charge in [-0.2, -0.15) is 0 Å². The van der Waals surface area contributed by atoms with Crippen LogP contribution in [0.25, 0.3) is 0 Å². The van der Waals surface area contributed by atoms with Crippen LogP contribution in [0, 0.1) is 0 Å². The first kappa shape index (κ1) is 14.7. The Bertz CT molecular complexity index is 531. The number of ether oxygens (including phenoxy) is 2. The molecule has 3 rings (SSSR count). The lowest BCUT2D eigenvalue weighted by Gasteiger charge is -2.29. The van der Waals surface area contributed by atoms with Crippen molar-refractivity contribution in [2.45, 2.75) is 44.9 Å². The van der Waals surface area contributed by atoms with E-state index in [4.69, 9.17) is 14.6 Å². The summed E-state index contributed by atoms with van der Waals surface area (Å²) < 4.78 is 12.8. The Morgan fingerprint density at radius 3 is 2.48 bits per heavy atom. The van der Waals surface area contributed by atoms with Crippen molar-refractivity contribution in [1.29, 1.82) is 0 Å². The molecule has 0 amide bonds. The molecule has 0 aliphatic carbocycles. The number of hydrogen-bond acceptors (Lipinski definition) is 3. The molecule has 4 nitrogen and oxygen atoms in total. The molecular weight excluding hydrogens is 336 g/mol. The van der Waals surface area contributed by atoms with E-state index in [-0.39, 0.29) is 6.42 Å². The first-order valence-electron chi connectivity index (χ1n) is 7.52. The first-order valence-corrected chi connectivity index (χ1v) is 8.31. The number of rotatable bonds is 4. The van der Waals surface area contributed by atoms with E-state index in [1.807, 2.05) is 0 Å². The number of carboxylic acid groups (broad SMARTS) is 1. The summed E-state index contributed by atoms with van der Waals surface area (Å²) in [6.45, 7) is 1.49. The van der Waals surface area contributed by atoms with Crippen molar-refractivity contribution < 1.29 is 19.4 Å². The van der Waals surface area contributed by atoms with Crippen LogP contribution in [-0.2, 0) is 24.1 Å². The van der Waals surface area contributed by atoms with Gasteiger partial charge in [-0.1, -0.05) is 0 Å². The smallest absolute Gasteiger partial charge is 0.303 e. The normalized spacial score (nSPS) is 16.4. The second-order valence-electron chi connectivity index (χ2n) is 5.56. The molecular formula is C16H19BrO4. The highest BCUT2D eigenvalue weighted by molar-refractivity contribution is 9.10. The van der Waals surface area contributed by atoms with Gasteiger partial charge in [-0.15, -0.1) is 0 Å². The first-order chi connectivity index (χ1) is 10.2. The third-order valence-electron chi connectivity index (χ3n) is 4.10. The van der Waals surface area contributed by atoms with Gasteiger partial charge in [-0.3, -0.25) is 4.79 Å². The Labute approximate surface area is 132 Å². The van der Waals surface area contributed by atoms with Crippen LogP contribution in [-0.4, -0.2) is 24.3 Å². The molecule has 21 heavy (non-hydrogen) atoms. The van der Waals surface area contributed by atoms with E-state index < -0.39 is 5.97 Å². The molecule has 0 aromatic heterocycles. The predicted octanol–water partition coefficient (Wildman–Crippen LogP) is 3.51. The van der Waals surface area contributed by atoms with Gasteiger partial charge in [-0.25, -0.2) is 0 Å². The van der Waals surface area contributed by atoms with Gasteiger partial charge >= 0.3 is 5.97 Å². The van der Waals surface area contributed by atoms with E-state index in [1.54, 1.807) is 0 Å². The summed E-state index contributed by atoms with van der Waals surface area (Å²) in [6.07, 6.45) is 5.56. The summed E-state index contributed by atoms with van der Waals surface area (Å²) in [6, 6.07) is 0. The Hall–Kier alpha value is -1.23. The Kier molecular flexibility index (Phi) is 4.38. The molecule has 1 aromatic carbocycles. The fourth-order valence-corrected chi connectivity index (χ4v) is 3.90. The summed E-state index contributed by atoms with van der Waals surface area (Å²) >= 11 is 3.68. The Morgan fingerprint density at radius 2 is 1.76 bits per heavy atom. The summed E-state index contributed by atoms with van der Waals surface area (Å²) in [5.41, 5.74) is 3.57. The third-order valence-corrected chi connectivity index (χ3v) is 4.94. The predicted molar refractivity (Wildman–Crippen MR) is 82.3 cm³/mol. The van der Waals surface area contributed by atoms with Crippen molar-refractivity contribution in [3.63, 3.8) is 0 Å². The minimum atomic E-state index is -0.744. The average molecular weight is 355 g/mol. The topological polar surface area (TPSA) is 55.8 Å². The van der Waals surface area contributed by atoms with Crippen LogP contribution < -0.4 is 9.47 Å². The van der Waals surface area contributed by atoms with Crippen LogP contribution >= 0.6 is 15.9 Å². The lowest BCUT2D eigenvalue weighted by molar-refractivity contribution is -0.137. The zero-order valence-corrected chi connectivity index (χ0v) is 13.5. The van der Waals surface area contributed by atoms with Crippen molar-refractivity contribution in [2.75, 3.05) is 13.2 Å². The van der Waals surface area contributed by atoms with Crippen molar-refractivity contribution in [2.24, 2.45) is 0 Å². The molecule has 0 saturated heterocycles. The van der Waals surface area contributed by atoms with Gasteiger partial charge in [0, 0.05) is 23.1 Å². The van der Waals surface area contributed by atoms with Gasteiger partial charge in [0.1, 0.15) is 11.5 Å². The maximum atomic E-state index is 10.8. The number of halogens is 1. The minimum Gasteiger partial charge on any atom is -0.493 e. The fraction of sp³-hybridized carbons (Fsp3) is 0.562. The summed E-state index contributed by atoms with van der Waals surface area (Å²) in [4.78, 5) is 10.8. The van der Waals surface area contributed by atoms with Crippen LogP contribution in [0.15, 0.2) is 4.47 Å². The van der Waals surface area contributed by atoms with E-state index in [9.17, 15) is 4.79 Å². The van der Waals surface area contributed by atoms with Gasteiger partial charge in [0.05, 0.1) is 17.7 Å². The number of benzene rings is 1. The zero-order valence-electron chi connectivity index (χ0n) is 11.9. The van der Waals surface area contributed by atoms with E-state index in [1.165, 1.54) is 16.7 Å². The zero-order chi connectivity index (χ0) is 14.8. The van der Waals surface area contributed by atoms with Gasteiger partial charge < -0.3 is 14.6 Å². The van der Waals surface area contributed by atoms with Crippen LogP contribution in [0.3, 0.4) is 0 Å². The number of aliphatic carboxylic acids is 1. The van der Waals surface area contributed by atoms with Gasteiger partial charge in [0.2, 0.25) is 0 Å². The molecule has 0 unspecified atom stereocenters. The van der Waals surface area contributed by atoms with Crippen molar-refractivity contribution in [3.05, 3.63) is 21.2 Å². The summed E-state index contributed by atoms with van der Waals surface area (Å²) in [5.74, 6) is 1.19. The average Bonchev–Trinajstić information content (AvgIpc) is 2.50. The van der Waals surface area contributed by atoms with Crippen molar-refractivity contribution >= 4 is 21.9 Å². The molecule has 0 radical (unpaired) electrons. The van der Waals surface area contributed by atoms with Crippen LogP contribution in [0.4, 0.5) is 0 Å². The van der Waals surface area contributed by atoms with E-state index in [0.29, 0.717) is 6.42 Å². The largest absolute Gasteiger partial charge is 0.493 e. The molecule has 2 aliphatic heterocycles. The number of hydrogen-bond donors (Lipinski definition) is 1. The van der Waals surface area contributed by atoms with E-state index >= 15 is 0 Å². The molecule has 2 heterocycles. The maximum Gasteiger partial charge on any atom is 0.303 e. The molecule has 114 valence electrons. The Morgan fingerprint density at radius 1 is 1.10 bits per heavy atom. The molecule has 0 fully saturated rings. The SMILES string of the molecule is O=C(O)CCCc1c2c(c(Br)c3c1OCCC3)OCCC2. The summed E-state index contributed by atoms with van der Waals surface area (Å²) in [5, 5.41) is 8.85. The lowest BCUT2D eigenvalue weighted by atomic mass is 9.90. The number of carbonyl (C=O) groups is 1. The second kappa shape index (κ2) is 6.26. The quantitative estimate of drug-likeness (QED) is 0.898. The van der Waals surface area contributed by atoms with E-state index in [0.717, 1.165) is 61.3 Å². The van der Waals surface area contributed by atoms with E-state index in [2.05, 4.69) is 15.9 Å². The highest BCUT2D eigenvalue weighted by atomic mass is 79.9. The highest BCUT2D eigenvalue weighted by Crippen LogP contribution is 2.46. The minimum absolute atomic E-state index is 0.195. The molecule has 0 bridgehead atoms. The number of carboxylic acids is 1. The third kappa shape index (κ3) is 2.89. The summed E-state index contributed by atoms with van der Waals surface area (Å²) in [7, 11) is 0. The molecule has 2 aliphatic rings. The monoisotopic (exact) mass is 354 g/mol. The molecule has 0 spiro atoms. The van der Waals surface area contributed by atoms with Crippen LogP contribution in [0.2, 0.25) is 0 Å². The van der Waals surface area contributed by atoms with Crippen molar-refractivity contribution in [3.8, 4) is 11.5 Å². The lowest BCUT2D eigenvalue weighted by Crippen LogP contribution is -2.18. The van der Waals surface area contributed by atoms with Crippen LogP contribution in [0.5, 0.6) is 11.5 Å². The standard InChI is InChI=1S/C16H19BrO4/c17-14-12-6-3-8-20-15(12)10(4-1-7-13(18)19)11-5-2-9-21-16(11)14/h1-9H2,(H,18,19). The van der Waals surface area contributed by atoms with Gasteiger partial charge in [-0.05, 0) is 54.5 Å². The molecule has 1 N–H and O–H groups in total. The molecule has 0 saturated carbocycles. The molecule has 1 aromatic rings. The maximum absolute atomic E-state index is 10.8. The van der Waals surface area contributed by atoms with Gasteiger partial charge in [0.15, 0.2) is 0 Å². The van der Waals surface area contributed by atoms with Crippen LogP contribution in [0.1, 0.15) is 42.4 Å². The fourth-order valence-electron chi connectivity index (χ4n) is 3.16. The van der Waals surface area contributed by atoms with Crippen molar-refractivity contribution in [1.82, 2.24) is 0 Å². The molecule has 5 heteroatoms. The molecule has 0 atom stereocenters. The second-order valence-corrected chi connectivity index (χ2v) is 6.35. The Balaban J connectivity index is 2.00. The van der Waals surface area contributed by atoms with Gasteiger partial charge in [0.25, 0.3) is 0 Å².